The van der Waals surface area contributed by atoms with E-state index in [9.17, 15) is 4.79 Å². The average Bonchev–Trinajstić information content (AvgIpc) is 2.84. The number of nitrogens with zero attached hydrogens (tertiary/aromatic N) is 4. The van der Waals surface area contributed by atoms with E-state index in [1.54, 1.807) is 24.1 Å². The second kappa shape index (κ2) is 5.15. The predicted molar refractivity (Wildman–Crippen MR) is 68.0 cm³/mol. The summed E-state index contributed by atoms with van der Waals surface area (Å²) >= 11 is 0. The zero-order valence-corrected chi connectivity index (χ0v) is 10.6. The predicted octanol–water partition coefficient (Wildman–Crippen LogP) is 0.868. The quantitative estimate of drug-likeness (QED) is 0.774. The molecule has 1 aromatic heterocycles. The van der Waals surface area contributed by atoms with Crippen LogP contribution >= 0.6 is 0 Å². The van der Waals surface area contributed by atoms with Gasteiger partial charge in [0.2, 0.25) is 5.91 Å². The number of anilines is 1. The third kappa shape index (κ3) is 2.49. The van der Waals surface area contributed by atoms with Gasteiger partial charge in [-0.05, 0) is 32.1 Å². The Morgan fingerprint density at radius 1 is 1.61 bits per heavy atom. The van der Waals surface area contributed by atoms with Crippen LogP contribution in [0.4, 0.5) is 5.82 Å². The highest BCUT2D eigenvalue weighted by atomic mass is 16.2. The number of nitriles is 1. The second-order valence-electron chi connectivity index (χ2n) is 4.66. The number of pyridine rings is 1. The van der Waals surface area contributed by atoms with Crippen molar-refractivity contribution < 1.29 is 4.79 Å². The topological polar surface area (TPSA) is 60.2 Å². The molecule has 0 aliphatic carbocycles. The molecule has 0 N–H and O–H groups in total. The Kier molecular flexibility index (Phi) is 3.58. The Bertz CT molecular complexity index is 477. The van der Waals surface area contributed by atoms with Crippen LogP contribution in [0.5, 0.6) is 0 Å². The summed E-state index contributed by atoms with van der Waals surface area (Å²) in [5, 5.41) is 8.70. The molecule has 1 amide bonds. The number of amides is 1. The SMILES string of the molecule is CN1CCC(C(=O)N(C)c2ccc(C#N)cn2)C1. The summed E-state index contributed by atoms with van der Waals surface area (Å²) in [5.74, 6) is 0.738. The Labute approximate surface area is 107 Å². The smallest absolute Gasteiger partial charge is 0.232 e. The van der Waals surface area contributed by atoms with E-state index in [-0.39, 0.29) is 11.8 Å². The van der Waals surface area contributed by atoms with E-state index in [0.717, 1.165) is 19.5 Å². The number of aromatic nitrogens is 1. The van der Waals surface area contributed by atoms with Gasteiger partial charge in [-0.3, -0.25) is 9.69 Å². The first kappa shape index (κ1) is 12.5. The van der Waals surface area contributed by atoms with Gasteiger partial charge < -0.3 is 4.90 Å². The standard InChI is InChI=1S/C13H16N4O/c1-16-6-5-11(9-16)13(18)17(2)12-4-3-10(7-14)8-15-12/h3-4,8,11H,5-6,9H2,1-2H3. The summed E-state index contributed by atoms with van der Waals surface area (Å²) in [6.45, 7) is 1.77. The molecule has 0 radical (unpaired) electrons. The van der Waals surface area contributed by atoms with Crippen LogP contribution in [0.15, 0.2) is 18.3 Å². The van der Waals surface area contributed by atoms with Crippen molar-refractivity contribution in [2.45, 2.75) is 6.42 Å². The first-order valence-electron chi connectivity index (χ1n) is 5.94. The summed E-state index contributed by atoms with van der Waals surface area (Å²) in [4.78, 5) is 20.1. The van der Waals surface area contributed by atoms with Gasteiger partial charge in [-0.1, -0.05) is 0 Å². The van der Waals surface area contributed by atoms with E-state index in [0.29, 0.717) is 11.4 Å². The van der Waals surface area contributed by atoms with Crippen molar-refractivity contribution in [2.75, 3.05) is 32.1 Å². The highest BCUT2D eigenvalue weighted by Crippen LogP contribution is 2.19. The van der Waals surface area contributed by atoms with Crippen LogP contribution in [0.1, 0.15) is 12.0 Å². The van der Waals surface area contributed by atoms with Crippen molar-refractivity contribution in [1.82, 2.24) is 9.88 Å². The second-order valence-corrected chi connectivity index (χ2v) is 4.66. The monoisotopic (exact) mass is 244 g/mol. The maximum atomic E-state index is 12.2. The van der Waals surface area contributed by atoms with Crippen LogP contribution in [0.3, 0.4) is 0 Å². The molecule has 5 nitrogen and oxygen atoms in total. The molecule has 1 aliphatic rings. The van der Waals surface area contributed by atoms with Crippen molar-refractivity contribution in [3.8, 4) is 6.07 Å². The lowest BCUT2D eigenvalue weighted by Crippen LogP contribution is -2.34. The molecule has 1 atom stereocenters. The minimum Gasteiger partial charge on any atom is -0.306 e. The maximum absolute atomic E-state index is 12.2. The van der Waals surface area contributed by atoms with E-state index < -0.39 is 0 Å². The normalized spacial score (nSPS) is 19.5. The summed E-state index contributed by atoms with van der Waals surface area (Å²) in [6.07, 6.45) is 2.38. The first-order chi connectivity index (χ1) is 8.61. The molecule has 5 heteroatoms. The summed E-state index contributed by atoms with van der Waals surface area (Å²) in [6, 6.07) is 5.39. The minimum absolute atomic E-state index is 0.0532. The van der Waals surface area contributed by atoms with Gasteiger partial charge in [0, 0.05) is 19.8 Å². The lowest BCUT2D eigenvalue weighted by Gasteiger charge is -2.20. The van der Waals surface area contributed by atoms with Gasteiger partial charge in [0.1, 0.15) is 11.9 Å². The third-order valence-electron chi connectivity index (χ3n) is 3.29. The van der Waals surface area contributed by atoms with Crippen molar-refractivity contribution in [1.29, 1.82) is 5.26 Å². The van der Waals surface area contributed by atoms with E-state index in [1.807, 2.05) is 13.1 Å². The van der Waals surface area contributed by atoms with Gasteiger partial charge in [-0.25, -0.2) is 4.98 Å². The number of carbonyl (C=O) groups excluding carboxylic acids is 1. The Morgan fingerprint density at radius 2 is 2.39 bits per heavy atom. The highest BCUT2D eigenvalue weighted by Gasteiger charge is 2.29. The lowest BCUT2D eigenvalue weighted by molar-refractivity contribution is -0.121. The molecule has 2 rings (SSSR count). The number of likely N-dealkylation sites (tertiary alicyclic amines) is 1. The molecule has 0 saturated carbocycles. The largest absolute Gasteiger partial charge is 0.306 e. The summed E-state index contributed by atoms with van der Waals surface area (Å²) in [7, 11) is 3.75. The molecule has 1 aromatic rings. The Hall–Kier alpha value is -1.93. The fourth-order valence-electron chi connectivity index (χ4n) is 2.17. The fourth-order valence-corrected chi connectivity index (χ4v) is 2.17. The van der Waals surface area contributed by atoms with Crippen molar-refractivity contribution in [2.24, 2.45) is 5.92 Å². The molecule has 1 aliphatic heterocycles. The van der Waals surface area contributed by atoms with Crippen LogP contribution in [-0.2, 0) is 4.79 Å². The van der Waals surface area contributed by atoms with E-state index in [2.05, 4.69) is 9.88 Å². The van der Waals surface area contributed by atoms with E-state index >= 15 is 0 Å². The average molecular weight is 244 g/mol. The summed E-state index contributed by atoms with van der Waals surface area (Å²) < 4.78 is 0. The van der Waals surface area contributed by atoms with Crippen molar-refractivity contribution in [3.63, 3.8) is 0 Å². The van der Waals surface area contributed by atoms with Gasteiger partial charge in [0.25, 0.3) is 0 Å². The first-order valence-corrected chi connectivity index (χ1v) is 5.94. The molecular weight excluding hydrogens is 228 g/mol. The molecule has 0 spiro atoms. The van der Waals surface area contributed by atoms with Crippen LogP contribution in [0, 0.1) is 17.2 Å². The molecule has 94 valence electrons. The van der Waals surface area contributed by atoms with Crippen molar-refractivity contribution in [3.05, 3.63) is 23.9 Å². The van der Waals surface area contributed by atoms with E-state index in [1.165, 1.54) is 6.20 Å². The number of rotatable bonds is 2. The Balaban J connectivity index is 2.08. The minimum atomic E-state index is 0.0532. The number of carbonyl (C=O) groups is 1. The molecule has 0 bridgehead atoms. The zero-order valence-electron chi connectivity index (χ0n) is 10.6. The summed E-state index contributed by atoms with van der Waals surface area (Å²) in [5.41, 5.74) is 0.500. The van der Waals surface area contributed by atoms with Crippen LogP contribution in [0.2, 0.25) is 0 Å². The fraction of sp³-hybridized carbons (Fsp3) is 0.462. The number of hydrogen-bond acceptors (Lipinski definition) is 4. The molecule has 1 fully saturated rings. The highest BCUT2D eigenvalue weighted by molar-refractivity contribution is 5.94. The van der Waals surface area contributed by atoms with Gasteiger partial charge >= 0.3 is 0 Å². The van der Waals surface area contributed by atoms with E-state index in [4.69, 9.17) is 5.26 Å². The van der Waals surface area contributed by atoms with Crippen LogP contribution in [-0.4, -0.2) is 43.0 Å². The van der Waals surface area contributed by atoms with Crippen LogP contribution in [0.25, 0.3) is 0 Å². The van der Waals surface area contributed by atoms with Gasteiger partial charge in [-0.15, -0.1) is 0 Å². The third-order valence-corrected chi connectivity index (χ3v) is 3.29. The lowest BCUT2D eigenvalue weighted by atomic mass is 10.1. The molecule has 0 aromatic carbocycles. The van der Waals surface area contributed by atoms with Crippen LogP contribution < -0.4 is 4.90 Å². The zero-order chi connectivity index (χ0) is 13.1. The van der Waals surface area contributed by atoms with Gasteiger partial charge in [0.15, 0.2) is 0 Å². The maximum Gasteiger partial charge on any atom is 0.232 e. The molecule has 1 unspecified atom stereocenters. The molecule has 1 saturated heterocycles. The van der Waals surface area contributed by atoms with Gasteiger partial charge in [-0.2, -0.15) is 5.26 Å². The molecular formula is C13H16N4O. The van der Waals surface area contributed by atoms with Gasteiger partial charge in [0.05, 0.1) is 11.5 Å². The molecule has 2 heterocycles. The molecule has 18 heavy (non-hydrogen) atoms. The van der Waals surface area contributed by atoms with Crippen molar-refractivity contribution >= 4 is 11.7 Å². The Morgan fingerprint density at radius 3 is 2.89 bits per heavy atom. The number of hydrogen-bond donors (Lipinski definition) is 0.